The summed E-state index contributed by atoms with van der Waals surface area (Å²) >= 11 is 7.53. The Morgan fingerprint density at radius 1 is 1.12 bits per heavy atom. The Balaban J connectivity index is 1.75. The highest BCUT2D eigenvalue weighted by Gasteiger charge is 2.13. The molecule has 0 saturated carbocycles. The van der Waals surface area contributed by atoms with Gasteiger partial charge in [-0.1, -0.05) is 29.0 Å². The molecule has 24 heavy (non-hydrogen) atoms. The molecule has 3 aromatic rings. The third kappa shape index (κ3) is 2.80. The van der Waals surface area contributed by atoms with E-state index in [1.807, 2.05) is 41.9 Å². The highest BCUT2D eigenvalue weighted by Crippen LogP contribution is 2.23. The zero-order valence-electron chi connectivity index (χ0n) is 13.4. The first-order chi connectivity index (χ1) is 11.6. The molecule has 5 heteroatoms. The molecule has 0 spiro atoms. The molecule has 1 heterocycles. The average Bonchev–Trinajstić information content (AvgIpc) is 2.89. The van der Waals surface area contributed by atoms with Crippen molar-refractivity contribution in [2.24, 2.45) is 12.0 Å². The van der Waals surface area contributed by atoms with E-state index in [1.165, 1.54) is 35.3 Å². The van der Waals surface area contributed by atoms with Crippen molar-refractivity contribution in [3.63, 3.8) is 0 Å². The largest absolute Gasteiger partial charge is 0.319 e. The van der Waals surface area contributed by atoms with Crippen molar-refractivity contribution in [2.45, 2.75) is 25.7 Å². The summed E-state index contributed by atoms with van der Waals surface area (Å²) in [6.45, 7) is 0. The van der Waals surface area contributed by atoms with Crippen molar-refractivity contribution >= 4 is 39.1 Å². The molecule has 1 aromatic heterocycles. The van der Waals surface area contributed by atoms with Gasteiger partial charge in [0.1, 0.15) is 0 Å². The van der Waals surface area contributed by atoms with Gasteiger partial charge in [-0.15, -0.1) is 0 Å². The van der Waals surface area contributed by atoms with Crippen LogP contribution in [-0.2, 0) is 19.9 Å². The Morgan fingerprint density at radius 3 is 2.75 bits per heavy atom. The van der Waals surface area contributed by atoms with Crippen LogP contribution in [0.5, 0.6) is 0 Å². The normalized spacial score (nSPS) is 14.8. The zero-order valence-corrected chi connectivity index (χ0v) is 15.0. The predicted molar refractivity (Wildman–Crippen MR) is 98.8 cm³/mol. The summed E-state index contributed by atoms with van der Waals surface area (Å²) in [6.07, 6.45) is 4.62. The Morgan fingerprint density at radius 2 is 1.92 bits per heavy atom. The number of carbonyl (C=O) groups excluding carboxylic acids is 1. The van der Waals surface area contributed by atoms with E-state index in [4.69, 9.17) is 11.6 Å². The molecule has 1 aliphatic carbocycles. The van der Waals surface area contributed by atoms with Gasteiger partial charge in [0.25, 0.3) is 5.91 Å². The summed E-state index contributed by atoms with van der Waals surface area (Å²) in [5.74, 6) is -0.184. The number of aromatic nitrogens is 1. The summed E-state index contributed by atoms with van der Waals surface area (Å²) in [5.41, 5.74) is 4.38. The van der Waals surface area contributed by atoms with Gasteiger partial charge in [0.15, 0.2) is 4.80 Å². The number of nitrogens with zero attached hydrogens (tertiary/aromatic N) is 2. The lowest BCUT2D eigenvalue weighted by Crippen LogP contribution is -2.13. The SMILES string of the molecule is Cn1c(=NC(=O)c2ccc3c(c2)CCCC3)sc2cc(Cl)ccc21. The Labute approximate surface area is 149 Å². The van der Waals surface area contributed by atoms with E-state index < -0.39 is 0 Å². The number of carbonyl (C=O) groups is 1. The van der Waals surface area contributed by atoms with Crippen LogP contribution in [0.3, 0.4) is 0 Å². The van der Waals surface area contributed by atoms with Crippen LogP contribution in [0, 0.1) is 0 Å². The third-order valence-electron chi connectivity index (χ3n) is 4.56. The van der Waals surface area contributed by atoms with E-state index in [9.17, 15) is 4.79 Å². The number of aryl methyl sites for hydroxylation is 3. The maximum absolute atomic E-state index is 12.6. The van der Waals surface area contributed by atoms with Crippen molar-refractivity contribution in [3.8, 4) is 0 Å². The van der Waals surface area contributed by atoms with Gasteiger partial charge in [-0.2, -0.15) is 4.99 Å². The average molecular weight is 357 g/mol. The van der Waals surface area contributed by atoms with Crippen molar-refractivity contribution in [1.82, 2.24) is 4.57 Å². The molecule has 0 N–H and O–H groups in total. The van der Waals surface area contributed by atoms with Gasteiger partial charge >= 0.3 is 0 Å². The molecular weight excluding hydrogens is 340 g/mol. The fourth-order valence-electron chi connectivity index (χ4n) is 3.23. The van der Waals surface area contributed by atoms with Crippen LogP contribution in [0.15, 0.2) is 41.4 Å². The van der Waals surface area contributed by atoms with E-state index in [0.717, 1.165) is 23.1 Å². The van der Waals surface area contributed by atoms with Crippen LogP contribution in [-0.4, -0.2) is 10.5 Å². The molecule has 1 amide bonds. The van der Waals surface area contributed by atoms with E-state index in [2.05, 4.69) is 11.1 Å². The first-order valence-corrected chi connectivity index (χ1v) is 9.27. The van der Waals surface area contributed by atoms with E-state index >= 15 is 0 Å². The number of thiazole rings is 1. The molecular formula is C19H17ClN2OS. The topological polar surface area (TPSA) is 34.4 Å². The highest BCUT2D eigenvalue weighted by molar-refractivity contribution is 7.16. The molecule has 0 bridgehead atoms. The Kier molecular flexibility index (Phi) is 4.02. The lowest BCUT2D eigenvalue weighted by molar-refractivity contribution is 0.0998. The second-order valence-corrected chi connectivity index (χ2v) is 7.61. The second kappa shape index (κ2) is 6.19. The maximum atomic E-state index is 12.6. The first-order valence-electron chi connectivity index (χ1n) is 8.08. The standard InChI is InChI=1S/C19H17ClN2OS/c1-22-16-9-8-15(20)11-17(16)24-19(22)21-18(23)14-7-6-12-4-2-3-5-13(12)10-14/h6-11H,2-5H2,1H3. The molecule has 2 aromatic carbocycles. The van der Waals surface area contributed by atoms with Gasteiger partial charge in [0.05, 0.1) is 10.2 Å². The summed E-state index contributed by atoms with van der Waals surface area (Å²) in [6, 6.07) is 11.7. The highest BCUT2D eigenvalue weighted by atomic mass is 35.5. The van der Waals surface area contributed by atoms with Crippen LogP contribution in [0.2, 0.25) is 5.02 Å². The van der Waals surface area contributed by atoms with E-state index in [0.29, 0.717) is 15.4 Å². The number of hydrogen-bond donors (Lipinski definition) is 0. The Hall–Kier alpha value is -1.91. The lowest BCUT2D eigenvalue weighted by Gasteiger charge is -2.15. The maximum Gasteiger partial charge on any atom is 0.279 e. The minimum absolute atomic E-state index is 0.184. The van der Waals surface area contributed by atoms with Gasteiger partial charge in [-0.05, 0) is 67.1 Å². The first kappa shape index (κ1) is 15.6. The van der Waals surface area contributed by atoms with Gasteiger partial charge < -0.3 is 4.57 Å². The van der Waals surface area contributed by atoms with E-state index in [1.54, 1.807) is 0 Å². The number of rotatable bonds is 1. The van der Waals surface area contributed by atoms with Gasteiger partial charge in [0.2, 0.25) is 0 Å². The lowest BCUT2D eigenvalue weighted by atomic mass is 9.90. The molecule has 122 valence electrons. The Bertz CT molecular complexity index is 1020. The minimum atomic E-state index is -0.184. The molecule has 0 atom stereocenters. The molecule has 0 unspecified atom stereocenters. The van der Waals surface area contributed by atoms with Gasteiger partial charge in [0, 0.05) is 17.6 Å². The smallest absolute Gasteiger partial charge is 0.279 e. The third-order valence-corrected chi connectivity index (χ3v) is 5.89. The monoisotopic (exact) mass is 356 g/mol. The second-order valence-electron chi connectivity index (χ2n) is 6.16. The fraction of sp³-hybridized carbons (Fsp3) is 0.263. The fourth-order valence-corrected chi connectivity index (χ4v) is 4.53. The molecule has 0 fully saturated rings. The predicted octanol–water partition coefficient (Wildman–Crippen LogP) is 4.51. The number of fused-ring (bicyclic) bond motifs is 2. The van der Waals surface area contributed by atoms with Crippen LogP contribution in [0.1, 0.15) is 34.3 Å². The molecule has 0 saturated heterocycles. The van der Waals surface area contributed by atoms with Gasteiger partial charge in [-0.3, -0.25) is 4.79 Å². The van der Waals surface area contributed by atoms with Crippen molar-refractivity contribution in [3.05, 3.63) is 62.9 Å². The summed E-state index contributed by atoms with van der Waals surface area (Å²) in [4.78, 5) is 17.6. The zero-order chi connectivity index (χ0) is 16.7. The van der Waals surface area contributed by atoms with Crippen LogP contribution >= 0.6 is 22.9 Å². The van der Waals surface area contributed by atoms with Crippen molar-refractivity contribution < 1.29 is 4.79 Å². The van der Waals surface area contributed by atoms with Crippen LogP contribution < -0.4 is 4.80 Å². The molecule has 0 aliphatic heterocycles. The van der Waals surface area contributed by atoms with Crippen molar-refractivity contribution in [2.75, 3.05) is 0 Å². The summed E-state index contributed by atoms with van der Waals surface area (Å²) in [7, 11) is 1.92. The number of amides is 1. The quantitative estimate of drug-likeness (QED) is 0.631. The molecule has 1 aliphatic rings. The van der Waals surface area contributed by atoms with Crippen LogP contribution in [0.4, 0.5) is 0 Å². The number of benzene rings is 2. The van der Waals surface area contributed by atoms with Crippen LogP contribution in [0.25, 0.3) is 10.2 Å². The molecule has 4 rings (SSSR count). The summed E-state index contributed by atoms with van der Waals surface area (Å²) in [5, 5.41) is 0.692. The number of hydrogen-bond acceptors (Lipinski definition) is 2. The minimum Gasteiger partial charge on any atom is -0.319 e. The number of halogens is 1. The van der Waals surface area contributed by atoms with Crippen molar-refractivity contribution in [1.29, 1.82) is 0 Å². The van der Waals surface area contributed by atoms with Gasteiger partial charge in [-0.25, -0.2) is 0 Å². The molecule has 0 radical (unpaired) electrons. The summed E-state index contributed by atoms with van der Waals surface area (Å²) < 4.78 is 2.97. The molecule has 3 nitrogen and oxygen atoms in total. The van der Waals surface area contributed by atoms with E-state index in [-0.39, 0.29) is 5.91 Å².